The maximum Gasteiger partial charge on any atom is 0.0116 e. The second kappa shape index (κ2) is 11.6. The van der Waals surface area contributed by atoms with Crippen molar-refractivity contribution in [3.05, 3.63) is 12.2 Å². The molecule has 0 saturated carbocycles. The van der Waals surface area contributed by atoms with Gasteiger partial charge in [0, 0.05) is 6.54 Å². The summed E-state index contributed by atoms with van der Waals surface area (Å²) in [5, 5.41) is 0. The number of rotatable bonds is 9. The van der Waals surface area contributed by atoms with E-state index in [0.29, 0.717) is 0 Å². The number of unbranched alkanes of at least 4 members (excludes halogenated alkanes) is 4. The molecule has 0 aromatic heterocycles. The monoisotopic (exact) mass is 185 g/mol. The highest BCUT2D eigenvalue weighted by molar-refractivity contribution is 4.81. The molecule has 0 bridgehead atoms. The number of hydrazine groups is 2. The van der Waals surface area contributed by atoms with Crippen molar-refractivity contribution in [3.63, 3.8) is 0 Å². The van der Waals surface area contributed by atoms with E-state index in [1.165, 1.54) is 25.7 Å². The van der Waals surface area contributed by atoms with E-state index in [9.17, 15) is 0 Å². The molecule has 0 saturated heterocycles. The highest BCUT2D eigenvalue weighted by Gasteiger charge is 1.83. The van der Waals surface area contributed by atoms with Crippen molar-refractivity contribution in [2.45, 2.75) is 45.4 Å². The van der Waals surface area contributed by atoms with Crippen molar-refractivity contribution in [2.24, 2.45) is 5.84 Å². The Labute approximate surface area is 81.7 Å². The summed E-state index contributed by atoms with van der Waals surface area (Å²) in [5.41, 5.74) is 5.27. The number of nitrogens with one attached hydrogen (secondary N) is 2. The molecule has 3 heteroatoms. The Morgan fingerprint density at radius 2 is 1.77 bits per heavy atom. The maximum atomic E-state index is 5.05. The van der Waals surface area contributed by atoms with Crippen LogP contribution in [0.1, 0.15) is 45.4 Å². The minimum atomic E-state index is 0.926. The Bertz CT molecular complexity index is 113. The summed E-state index contributed by atoms with van der Waals surface area (Å²) < 4.78 is 0. The van der Waals surface area contributed by atoms with Crippen LogP contribution in [0.4, 0.5) is 0 Å². The van der Waals surface area contributed by atoms with Crippen LogP contribution < -0.4 is 16.8 Å². The number of nitrogens with two attached hydrogens (primary N) is 1. The highest BCUT2D eigenvalue weighted by Crippen LogP contribution is 2.00. The van der Waals surface area contributed by atoms with Gasteiger partial charge >= 0.3 is 0 Å². The van der Waals surface area contributed by atoms with E-state index in [0.717, 1.165) is 19.4 Å². The first-order chi connectivity index (χ1) is 6.41. The lowest BCUT2D eigenvalue weighted by Crippen LogP contribution is -2.38. The molecule has 0 atom stereocenters. The predicted molar refractivity (Wildman–Crippen MR) is 57.8 cm³/mol. The van der Waals surface area contributed by atoms with Gasteiger partial charge in [-0.1, -0.05) is 31.9 Å². The second-order valence-electron chi connectivity index (χ2n) is 3.18. The maximum absolute atomic E-state index is 5.05. The van der Waals surface area contributed by atoms with Gasteiger partial charge in [-0.2, -0.15) is 5.53 Å². The van der Waals surface area contributed by atoms with Gasteiger partial charge < -0.3 is 0 Å². The lowest BCUT2D eigenvalue weighted by atomic mass is 10.2. The van der Waals surface area contributed by atoms with Gasteiger partial charge in [0.1, 0.15) is 0 Å². The third-order valence-electron chi connectivity index (χ3n) is 1.92. The normalized spacial score (nSPS) is 11.2. The molecule has 0 heterocycles. The molecule has 0 spiro atoms. The minimum Gasteiger partial charge on any atom is -0.258 e. The zero-order valence-electron chi connectivity index (χ0n) is 8.68. The fourth-order valence-corrected chi connectivity index (χ4v) is 1.13. The zero-order valence-corrected chi connectivity index (χ0v) is 8.68. The van der Waals surface area contributed by atoms with Crippen molar-refractivity contribution in [1.82, 2.24) is 11.0 Å². The topological polar surface area (TPSA) is 50.1 Å². The molecule has 0 unspecified atom stereocenters. The molecule has 4 N–H and O–H groups in total. The van der Waals surface area contributed by atoms with Crippen molar-refractivity contribution in [3.8, 4) is 0 Å². The largest absolute Gasteiger partial charge is 0.258 e. The van der Waals surface area contributed by atoms with Crippen LogP contribution in [0.25, 0.3) is 0 Å². The fourth-order valence-electron chi connectivity index (χ4n) is 1.13. The van der Waals surface area contributed by atoms with Crippen LogP contribution in [0.15, 0.2) is 12.2 Å². The Balaban J connectivity index is 2.95. The van der Waals surface area contributed by atoms with Gasteiger partial charge in [0.15, 0.2) is 0 Å². The molecule has 0 aliphatic carbocycles. The molecule has 0 aromatic rings. The molecule has 0 amide bonds. The second-order valence-corrected chi connectivity index (χ2v) is 3.18. The number of allylic oxidation sites excluding steroid dienone is 2. The smallest absolute Gasteiger partial charge is 0.0116 e. The lowest BCUT2D eigenvalue weighted by Gasteiger charge is -1.98. The van der Waals surface area contributed by atoms with Crippen LogP contribution in [0.3, 0.4) is 0 Å². The zero-order chi connectivity index (χ0) is 9.78. The van der Waals surface area contributed by atoms with Gasteiger partial charge in [0.05, 0.1) is 0 Å². The summed E-state index contributed by atoms with van der Waals surface area (Å²) in [6.07, 6.45) is 12.0. The minimum absolute atomic E-state index is 0.926. The first-order valence-corrected chi connectivity index (χ1v) is 5.25. The molecule has 78 valence electrons. The summed E-state index contributed by atoms with van der Waals surface area (Å²) in [6.45, 7) is 3.16. The van der Waals surface area contributed by atoms with Crippen LogP contribution in [-0.4, -0.2) is 6.54 Å². The van der Waals surface area contributed by atoms with Gasteiger partial charge in [-0.25, -0.2) is 5.43 Å². The third kappa shape index (κ3) is 11.6. The summed E-state index contributed by atoms with van der Waals surface area (Å²) in [5.74, 6) is 5.05. The summed E-state index contributed by atoms with van der Waals surface area (Å²) in [6, 6.07) is 0. The van der Waals surface area contributed by atoms with E-state index in [2.05, 4.69) is 30.0 Å². The predicted octanol–water partition coefficient (Wildman–Crippen LogP) is 1.87. The molecular formula is C10H23N3. The SMILES string of the molecule is CCCCCC=CCCCNNN. The third-order valence-corrected chi connectivity index (χ3v) is 1.92. The Morgan fingerprint density at radius 1 is 1.08 bits per heavy atom. The van der Waals surface area contributed by atoms with Gasteiger partial charge in [-0.15, -0.1) is 0 Å². The number of hydrogen-bond donors (Lipinski definition) is 3. The molecule has 0 aliphatic rings. The van der Waals surface area contributed by atoms with Crippen LogP contribution in [-0.2, 0) is 0 Å². The van der Waals surface area contributed by atoms with Crippen LogP contribution >= 0.6 is 0 Å². The van der Waals surface area contributed by atoms with E-state index in [4.69, 9.17) is 5.84 Å². The standard InChI is InChI=1S/C10H23N3/c1-2-3-4-5-6-7-8-9-10-12-13-11/h6-7,12-13H,2-5,8-11H2,1H3. The highest BCUT2D eigenvalue weighted by atomic mass is 15.5. The Hall–Kier alpha value is -0.380. The van der Waals surface area contributed by atoms with Gasteiger partial charge in [0.25, 0.3) is 0 Å². The van der Waals surface area contributed by atoms with E-state index in [-0.39, 0.29) is 0 Å². The Morgan fingerprint density at radius 3 is 2.38 bits per heavy atom. The van der Waals surface area contributed by atoms with Gasteiger partial charge in [-0.05, 0) is 25.7 Å². The summed E-state index contributed by atoms with van der Waals surface area (Å²) in [4.78, 5) is 0. The molecule has 0 rings (SSSR count). The fraction of sp³-hybridized carbons (Fsp3) is 0.800. The molecule has 0 fully saturated rings. The van der Waals surface area contributed by atoms with Gasteiger partial charge in [-0.3, -0.25) is 5.84 Å². The van der Waals surface area contributed by atoms with E-state index < -0.39 is 0 Å². The molecule has 0 radical (unpaired) electrons. The molecule has 13 heavy (non-hydrogen) atoms. The van der Waals surface area contributed by atoms with E-state index >= 15 is 0 Å². The van der Waals surface area contributed by atoms with Crippen molar-refractivity contribution < 1.29 is 0 Å². The molecule has 3 nitrogen and oxygen atoms in total. The average Bonchev–Trinajstić information content (AvgIpc) is 2.16. The molecular weight excluding hydrogens is 162 g/mol. The lowest BCUT2D eigenvalue weighted by molar-refractivity contribution is 0.541. The quantitative estimate of drug-likeness (QED) is 0.222. The van der Waals surface area contributed by atoms with E-state index in [1.807, 2.05) is 0 Å². The van der Waals surface area contributed by atoms with Gasteiger partial charge in [0.2, 0.25) is 0 Å². The number of hydrogen-bond acceptors (Lipinski definition) is 3. The van der Waals surface area contributed by atoms with Crippen molar-refractivity contribution in [2.75, 3.05) is 6.54 Å². The molecule has 0 aliphatic heterocycles. The van der Waals surface area contributed by atoms with Crippen molar-refractivity contribution >= 4 is 0 Å². The van der Waals surface area contributed by atoms with Crippen LogP contribution in [0, 0.1) is 0 Å². The van der Waals surface area contributed by atoms with Crippen LogP contribution in [0.5, 0.6) is 0 Å². The average molecular weight is 185 g/mol. The van der Waals surface area contributed by atoms with Crippen molar-refractivity contribution in [1.29, 1.82) is 0 Å². The first kappa shape index (κ1) is 12.6. The van der Waals surface area contributed by atoms with Crippen LogP contribution in [0.2, 0.25) is 0 Å². The summed E-state index contributed by atoms with van der Waals surface area (Å²) >= 11 is 0. The Kier molecular flexibility index (Phi) is 11.3. The summed E-state index contributed by atoms with van der Waals surface area (Å²) in [7, 11) is 0. The first-order valence-electron chi connectivity index (χ1n) is 5.25. The molecule has 0 aromatic carbocycles. The van der Waals surface area contributed by atoms with E-state index in [1.54, 1.807) is 0 Å².